The van der Waals surface area contributed by atoms with Gasteiger partial charge in [0.1, 0.15) is 17.8 Å². The molecular formula is C83H110ClN9O10S4. The van der Waals surface area contributed by atoms with Crippen LogP contribution in [-0.2, 0) is 45.2 Å². The maximum absolute atomic E-state index is 14.3. The quantitative estimate of drug-likeness (QED) is 0.0203. The van der Waals surface area contributed by atoms with Gasteiger partial charge >= 0.3 is 0 Å². The van der Waals surface area contributed by atoms with Crippen molar-refractivity contribution in [3.8, 4) is 10.4 Å². The van der Waals surface area contributed by atoms with Crippen LogP contribution in [0.4, 0.5) is 5.69 Å². The second kappa shape index (κ2) is 37.1. The number of morpholine rings is 1. The van der Waals surface area contributed by atoms with E-state index in [0.29, 0.717) is 38.0 Å². The number of Topliss-reactive ketones (excluding diaryl/α,β-unsaturated/α-hetero) is 1. The molecule has 0 saturated carbocycles. The number of halogens is 1. The molecule has 4 fully saturated rings. The van der Waals surface area contributed by atoms with Crippen LogP contribution in [0.2, 0.25) is 5.02 Å². The molecule has 24 heteroatoms. The molecule has 19 nitrogen and oxygen atoms in total. The minimum absolute atomic E-state index is 0.0188. The predicted octanol–water partition coefficient (Wildman–Crippen LogP) is 12.2. The van der Waals surface area contributed by atoms with Gasteiger partial charge in [-0.2, -0.15) is 0 Å². The number of benzene rings is 5. The summed E-state index contributed by atoms with van der Waals surface area (Å²) in [7, 11) is -8.05. The number of hydrogen-bond acceptors (Lipinski definition) is 18. The summed E-state index contributed by atoms with van der Waals surface area (Å²) in [6, 6.07) is 35.9. The number of sulfone groups is 2. The molecule has 0 spiro atoms. The second-order valence-electron chi connectivity index (χ2n) is 31.7. The molecule has 1 unspecified atom stereocenters. The number of piperazine rings is 2. The van der Waals surface area contributed by atoms with Gasteiger partial charge in [-0.3, -0.25) is 29.0 Å². The van der Waals surface area contributed by atoms with E-state index in [1.807, 2.05) is 107 Å². The summed E-state index contributed by atoms with van der Waals surface area (Å²) < 4.78 is 60.4. The molecule has 0 radical (unpaired) electrons. The Morgan fingerprint density at radius 1 is 0.776 bits per heavy atom. The minimum atomic E-state index is -4.21. The van der Waals surface area contributed by atoms with Crippen molar-refractivity contribution in [3.05, 3.63) is 165 Å². The Hall–Kier alpha value is -6.35. The number of thioether (sulfide) groups is 1. The van der Waals surface area contributed by atoms with Crippen LogP contribution in [0.25, 0.3) is 16.0 Å². The van der Waals surface area contributed by atoms with E-state index in [0.717, 1.165) is 186 Å². The molecule has 0 bridgehead atoms. The standard InChI is InChI=1S/C83H110ClN9O10S4/c1-59(62-18-20-65(21-19-62)78-60(2)85-58-105-78)86-80(97)74-50-70(94)54-93(74)81(98)79(82(3,4)5)87-77(96)17-13-8-9-14-35-88-37-39-91(40-38-88)57-83(6)34-32-73(63-22-27-68(84)28-23-63)67(52-83)53-90-41-43-92(44-42-90)69-29-24-64(25-30-69)75(95)56-107(101,102)72-31-26-66(76(51-72)106(7,99)100)49-61(33-36-89-45-47-103-48-46-89)55-104-71-15-11-10-12-16-71/h10-12,15-16,18-31,51,58-59,61,70,74,79,94H,8-9,13-14,17,32-50,52-57H2,1-7H3,(H,86,97)(H,87,96)/t59-,61-,70+,74-,79+,83?/m0/s1. The van der Waals surface area contributed by atoms with Crippen molar-refractivity contribution in [2.75, 3.05) is 134 Å². The third-order valence-electron chi connectivity index (χ3n) is 22.2. The van der Waals surface area contributed by atoms with Crippen molar-refractivity contribution in [2.24, 2.45) is 16.7 Å². The number of allylic oxidation sites excluding steroid dienone is 1. The second-order valence-corrected chi connectivity index (χ2v) is 38.1. The van der Waals surface area contributed by atoms with Crippen molar-refractivity contribution in [3.63, 3.8) is 0 Å². The van der Waals surface area contributed by atoms with Gasteiger partial charge in [-0.05, 0) is 177 Å². The molecule has 3 amide bonds. The molecule has 5 heterocycles. The number of carbonyl (C=O) groups is 4. The van der Waals surface area contributed by atoms with E-state index in [9.17, 15) is 41.1 Å². The van der Waals surface area contributed by atoms with Crippen molar-refractivity contribution < 1.29 is 45.9 Å². The zero-order valence-corrected chi connectivity index (χ0v) is 67.5. The number of amides is 3. The Morgan fingerprint density at radius 2 is 1.44 bits per heavy atom. The summed E-state index contributed by atoms with van der Waals surface area (Å²) in [6.45, 7) is 26.3. The van der Waals surface area contributed by atoms with Gasteiger partial charge in [0.2, 0.25) is 17.7 Å². The number of aliphatic hydroxyl groups is 1. The molecule has 578 valence electrons. The average molecular weight is 1560 g/mol. The topological polar surface area (TPSA) is 222 Å². The normalized spacial score (nSPS) is 20.6. The Labute approximate surface area is 648 Å². The van der Waals surface area contributed by atoms with E-state index >= 15 is 0 Å². The lowest BCUT2D eigenvalue weighted by Gasteiger charge is -2.44. The van der Waals surface area contributed by atoms with Crippen LogP contribution < -0.4 is 15.5 Å². The monoisotopic (exact) mass is 1560 g/mol. The number of unbranched alkanes of at least 4 members (excludes halogenated alkanes) is 3. The van der Waals surface area contributed by atoms with Gasteiger partial charge < -0.3 is 40.1 Å². The first-order valence-electron chi connectivity index (χ1n) is 38.3. The first kappa shape index (κ1) is 81.6. The largest absolute Gasteiger partial charge is 0.391 e. The zero-order chi connectivity index (χ0) is 76.0. The first-order chi connectivity index (χ1) is 51.1. The van der Waals surface area contributed by atoms with E-state index in [1.165, 1.54) is 33.7 Å². The molecular weight excluding hydrogens is 1450 g/mol. The number of hydrogen-bond donors (Lipinski definition) is 3. The summed E-state index contributed by atoms with van der Waals surface area (Å²) in [5.74, 6) is -1.36. The number of aryl methyl sites for hydroxylation is 1. The van der Waals surface area contributed by atoms with Gasteiger partial charge in [-0.1, -0.05) is 118 Å². The lowest BCUT2D eigenvalue weighted by atomic mass is 9.71. The van der Waals surface area contributed by atoms with Crippen molar-refractivity contribution in [1.82, 2.24) is 40.1 Å². The van der Waals surface area contributed by atoms with Gasteiger partial charge in [-0.25, -0.2) is 21.8 Å². The van der Waals surface area contributed by atoms with Crippen molar-refractivity contribution in [1.29, 1.82) is 0 Å². The van der Waals surface area contributed by atoms with Crippen molar-refractivity contribution >= 4 is 89.1 Å². The van der Waals surface area contributed by atoms with Crippen molar-refractivity contribution in [2.45, 2.75) is 151 Å². The van der Waals surface area contributed by atoms with Crippen LogP contribution in [0, 0.1) is 23.7 Å². The molecule has 5 aliphatic rings. The molecule has 11 rings (SSSR count). The van der Waals surface area contributed by atoms with Crippen LogP contribution in [0.1, 0.15) is 138 Å². The lowest BCUT2D eigenvalue weighted by molar-refractivity contribution is -0.144. The third kappa shape index (κ3) is 22.7. The fourth-order valence-electron chi connectivity index (χ4n) is 15.9. The van der Waals surface area contributed by atoms with Gasteiger partial charge in [0, 0.05) is 131 Å². The molecule has 6 aromatic rings. The zero-order valence-electron chi connectivity index (χ0n) is 63.5. The van der Waals surface area contributed by atoms with E-state index < -0.39 is 54.8 Å². The highest BCUT2D eigenvalue weighted by Crippen LogP contribution is 2.44. The Kier molecular flexibility index (Phi) is 28.3. The van der Waals surface area contributed by atoms with Crippen LogP contribution in [0.5, 0.6) is 0 Å². The van der Waals surface area contributed by atoms with E-state index in [1.54, 1.807) is 41.3 Å². The van der Waals surface area contributed by atoms with E-state index in [4.69, 9.17) is 16.3 Å². The predicted molar refractivity (Wildman–Crippen MR) is 430 cm³/mol. The van der Waals surface area contributed by atoms with Gasteiger partial charge in [0.15, 0.2) is 25.5 Å². The Bertz CT molecular complexity index is 4250. The van der Waals surface area contributed by atoms with Crippen LogP contribution in [0.3, 0.4) is 0 Å². The number of likely N-dealkylation sites (tertiary alicyclic amines) is 1. The summed E-state index contributed by atoms with van der Waals surface area (Å²) in [4.78, 5) is 75.8. The summed E-state index contributed by atoms with van der Waals surface area (Å²) in [5, 5.41) is 17.6. The van der Waals surface area contributed by atoms with E-state index in [2.05, 4.69) is 71.3 Å². The van der Waals surface area contributed by atoms with Crippen LogP contribution in [-0.4, -0.2) is 222 Å². The van der Waals surface area contributed by atoms with Crippen LogP contribution in [0.15, 0.2) is 147 Å². The number of carbonyl (C=O) groups excluding carboxylic acids is 4. The number of β-amino-alcohol motifs (C(OH)–C–C–N with tert-alkyl or cyclic N) is 1. The molecule has 1 aliphatic carbocycles. The average Bonchev–Trinajstić information content (AvgIpc) is 1.49. The minimum Gasteiger partial charge on any atom is -0.391 e. The van der Waals surface area contributed by atoms with Crippen LogP contribution >= 0.6 is 34.7 Å². The summed E-state index contributed by atoms with van der Waals surface area (Å²) in [6.07, 6.45) is 8.71. The highest BCUT2D eigenvalue weighted by Gasteiger charge is 2.45. The number of rotatable bonds is 32. The smallest absolute Gasteiger partial charge is 0.246 e. The fraction of sp³-hybridized carbons (Fsp3) is 0.530. The van der Waals surface area contributed by atoms with Gasteiger partial charge in [-0.15, -0.1) is 23.1 Å². The maximum atomic E-state index is 14.3. The molecule has 5 aromatic carbocycles. The number of nitrogens with zero attached hydrogens (tertiary/aromatic N) is 7. The number of thiazole rings is 1. The number of anilines is 1. The molecule has 1 aromatic heterocycles. The van der Waals surface area contributed by atoms with E-state index in [-0.39, 0.29) is 63.4 Å². The number of ketones is 1. The molecule has 4 aliphatic heterocycles. The molecule has 6 atom stereocenters. The number of ether oxygens (including phenoxy) is 1. The molecule has 107 heavy (non-hydrogen) atoms. The third-order valence-corrected chi connectivity index (χ3v) is 27.4. The number of aliphatic hydroxyl groups excluding tert-OH is 1. The highest BCUT2D eigenvalue weighted by atomic mass is 35.5. The highest BCUT2D eigenvalue weighted by molar-refractivity contribution is 7.99. The number of aromatic nitrogens is 1. The molecule has 3 N–H and O–H groups in total. The van der Waals surface area contributed by atoms with Gasteiger partial charge in [0.25, 0.3) is 0 Å². The summed E-state index contributed by atoms with van der Waals surface area (Å²) >= 11 is 9.75. The Morgan fingerprint density at radius 3 is 2.11 bits per heavy atom. The number of nitrogens with one attached hydrogen (secondary N) is 2. The molecule has 4 saturated heterocycles. The first-order valence-corrected chi connectivity index (χ1v) is 44.1. The Balaban J connectivity index is 0.611. The van der Waals surface area contributed by atoms with Gasteiger partial charge in [0.05, 0.1) is 51.2 Å². The lowest BCUT2D eigenvalue weighted by Crippen LogP contribution is -2.57. The SMILES string of the molecule is Cc1ncsc1-c1ccc([C@H](C)NC(=O)[C@@H]2C[C@@H](O)CN2C(=O)[C@@H](NC(=O)CCCCCCN2CCN(CC3(C)CCC(c4ccc(Cl)cc4)=C(CN4CCN(c5ccc(C(=O)CS(=O)(=O)c6ccc(C[C@H](CCN7CCOCC7)CSc7ccccc7)c(S(C)(=O)=O)c6)cc5)CC4)C3)CC2)C(C)(C)C)cc1. The summed E-state index contributed by atoms with van der Waals surface area (Å²) in [5.41, 5.74) is 10.2. The fourth-order valence-corrected chi connectivity index (χ4v) is 20.2. The maximum Gasteiger partial charge on any atom is 0.246 e.